The number of carbonyl (C=O) groups is 2. The van der Waals surface area contributed by atoms with Gasteiger partial charge in [0.1, 0.15) is 19.8 Å². The number of hydrogen-bond acceptors (Lipinski definition) is 7. The van der Waals surface area contributed by atoms with Gasteiger partial charge in [0.25, 0.3) is 0 Å². The van der Waals surface area contributed by atoms with E-state index in [-0.39, 0.29) is 32.0 Å². The van der Waals surface area contributed by atoms with Gasteiger partial charge in [-0.15, -0.1) is 0 Å². The predicted molar refractivity (Wildman–Crippen MR) is 444 cm³/mol. The van der Waals surface area contributed by atoms with Crippen molar-refractivity contribution in [2.24, 2.45) is 0 Å². The van der Waals surface area contributed by atoms with Crippen LogP contribution in [0.15, 0.2) is 219 Å². The molecule has 1 N–H and O–H groups in total. The van der Waals surface area contributed by atoms with Crippen LogP contribution in [0.4, 0.5) is 0 Å². The molecule has 0 aromatic rings. The van der Waals surface area contributed by atoms with Crippen LogP contribution in [0.5, 0.6) is 0 Å². The van der Waals surface area contributed by atoms with E-state index in [2.05, 4.69) is 233 Å². The Labute approximate surface area is 627 Å². The van der Waals surface area contributed by atoms with Crippen molar-refractivity contribution in [1.29, 1.82) is 0 Å². The molecular weight excluding hydrogens is 1280 g/mol. The van der Waals surface area contributed by atoms with Gasteiger partial charge in [-0.3, -0.25) is 18.6 Å². The number of hydrogen-bond donors (Lipinski definition) is 1. The van der Waals surface area contributed by atoms with E-state index in [1.54, 1.807) is 0 Å². The molecule has 0 spiro atoms. The van der Waals surface area contributed by atoms with Gasteiger partial charge in [0.05, 0.1) is 27.7 Å². The number of rotatable bonds is 72. The van der Waals surface area contributed by atoms with E-state index < -0.39 is 26.5 Å². The second-order valence-electron chi connectivity index (χ2n) is 27.3. The third-order valence-corrected chi connectivity index (χ3v) is 17.5. The molecule has 10 heteroatoms. The Kier molecular flexibility index (Phi) is 75.0. The molecule has 0 saturated carbocycles. The molecule has 0 aliphatic heterocycles. The summed E-state index contributed by atoms with van der Waals surface area (Å²) in [6, 6.07) is 0. The van der Waals surface area contributed by atoms with Gasteiger partial charge in [0, 0.05) is 12.8 Å². The minimum absolute atomic E-state index is 0.0208. The lowest BCUT2D eigenvalue weighted by molar-refractivity contribution is -0.870. The van der Waals surface area contributed by atoms with E-state index >= 15 is 0 Å². The lowest BCUT2D eigenvalue weighted by Gasteiger charge is -2.24. The van der Waals surface area contributed by atoms with Gasteiger partial charge in [-0.05, 0) is 154 Å². The van der Waals surface area contributed by atoms with Crippen molar-refractivity contribution in [3.63, 3.8) is 0 Å². The highest BCUT2D eigenvalue weighted by Crippen LogP contribution is 2.43. The second-order valence-corrected chi connectivity index (χ2v) is 28.8. The van der Waals surface area contributed by atoms with Crippen molar-refractivity contribution in [2.45, 2.75) is 302 Å². The monoisotopic (exact) mass is 1430 g/mol. The van der Waals surface area contributed by atoms with Crippen molar-refractivity contribution >= 4 is 19.8 Å². The quantitative estimate of drug-likeness (QED) is 0.0211. The Balaban J connectivity index is 4.08. The first-order valence-electron chi connectivity index (χ1n) is 40.5. The topological polar surface area (TPSA) is 108 Å². The molecular formula is C92H149NO8P+. The number of unbranched alkanes of at least 4 members (excludes halogenated alkanes) is 22. The van der Waals surface area contributed by atoms with Crippen LogP contribution in [0.3, 0.4) is 0 Å². The van der Waals surface area contributed by atoms with Gasteiger partial charge < -0.3 is 18.9 Å². The molecule has 2 atom stereocenters. The second kappa shape index (κ2) is 79.4. The van der Waals surface area contributed by atoms with Crippen molar-refractivity contribution in [3.8, 4) is 0 Å². The van der Waals surface area contributed by atoms with Gasteiger partial charge in [0.2, 0.25) is 0 Å². The molecule has 0 aliphatic carbocycles. The van der Waals surface area contributed by atoms with E-state index in [9.17, 15) is 19.0 Å². The SMILES string of the molecule is CC/C=C\C/C=C\C/C=C\C/C=C\C/C=C\C/C=C\C/C=C\C/C=C\C/C=C\CCCCCCCCCCCCCC(=O)OCC(COP(=O)(O)OCC[N+](C)(C)C)OC(=O)CCCCCCCCCCCCC/C=C\C/C=C\C/C=C\C/C=C\C/C=C\C/C=C\C/C=C\C/C=C\C/C=C\CC. The molecule has 2 unspecified atom stereocenters. The zero-order valence-corrected chi connectivity index (χ0v) is 66.4. The summed E-state index contributed by atoms with van der Waals surface area (Å²) in [5, 5.41) is 0. The van der Waals surface area contributed by atoms with Crippen LogP contribution in [0, 0.1) is 0 Å². The molecule has 0 fully saturated rings. The number of nitrogens with zero attached hydrogens (tertiary/aromatic N) is 1. The van der Waals surface area contributed by atoms with Crippen LogP contribution in [0.1, 0.15) is 296 Å². The minimum atomic E-state index is -4.41. The van der Waals surface area contributed by atoms with Gasteiger partial charge >= 0.3 is 19.8 Å². The number of ether oxygens (including phenoxy) is 2. The standard InChI is InChI=1S/C92H148NO8P/c1-6-8-10-12-14-16-18-20-22-24-26-28-30-32-34-36-38-40-42-44-46-48-50-52-54-56-58-60-62-64-66-68-70-72-74-76-78-80-82-84-91(94)98-88-90(89-100-102(96,97)99-87-86-93(3,4)5)101-92(95)85-83-81-79-77-75-73-71-69-67-65-63-61-59-57-55-53-51-49-47-45-43-41-39-37-35-33-31-29-27-25-23-21-19-17-15-13-11-9-7-2/h8-11,14-17,20-23,26-29,32-35,38-41,44-47,50-53,56-59,90H,6-7,12-13,18-19,24-25,30-31,36-37,42-43,48-49,54-55,60-89H2,1-5H3/p+1/b10-8-,11-9-,16-14-,17-15-,22-20-,23-21-,28-26-,29-27-,34-32-,35-33-,40-38-,41-39-,46-44-,47-45-,52-50-,53-51-,58-56-,59-57-. The maximum atomic E-state index is 12.9. The van der Waals surface area contributed by atoms with E-state index in [4.69, 9.17) is 18.5 Å². The highest BCUT2D eigenvalue weighted by atomic mass is 31.2. The molecule has 0 rings (SSSR count). The summed E-state index contributed by atoms with van der Waals surface area (Å²) in [4.78, 5) is 36.0. The highest BCUT2D eigenvalue weighted by Gasteiger charge is 2.27. The average Bonchev–Trinajstić information content (AvgIpc) is 0.935. The number of allylic oxidation sites excluding steroid dienone is 36. The maximum Gasteiger partial charge on any atom is 0.472 e. The van der Waals surface area contributed by atoms with E-state index in [1.807, 2.05) is 21.1 Å². The molecule has 0 saturated heterocycles. The summed E-state index contributed by atoms with van der Waals surface area (Å²) in [6.07, 6.45) is 126. The van der Waals surface area contributed by atoms with Crippen LogP contribution < -0.4 is 0 Å². The molecule has 574 valence electrons. The molecule has 102 heavy (non-hydrogen) atoms. The van der Waals surface area contributed by atoms with Crippen LogP contribution in [-0.4, -0.2) is 74.9 Å². The summed E-state index contributed by atoms with van der Waals surface area (Å²) in [5.74, 6) is -0.813. The van der Waals surface area contributed by atoms with E-state index in [1.165, 1.54) is 89.9 Å². The molecule has 0 aromatic carbocycles. The average molecular weight is 1430 g/mol. The largest absolute Gasteiger partial charge is 0.472 e. The third kappa shape index (κ3) is 83.3. The van der Waals surface area contributed by atoms with Crippen LogP contribution in [0.25, 0.3) is 0 Å². The minimum Gasteiger partial charge on any atom is -0.462 e. The zero-order valence-electron chi connectivity index (χ0n) is 65.5. The zero-order chi connectivity index (χ0) is 74.0. The van der Waals surface area contributed by atoms with Crippen LogP contribution in [-0.2, 0) is 32.7 Å². The van der Waals surface area contributed by atoms with Crippen LogP contribution in [0.2, 0.25) is 0 Å². The highest BCUT2D eigenvalue weighted by molar-refractivity contribution is 7.47. The van der Waals surface area contributed by atoms with Crippen molar-refractivity contribution in [1.82, 2.24) is 0 Å². The number of carbonyl (C=O) groups excluding carboxylic acids is 2. The normalized spacial score (nSPS) is 14.2. The third-order valence-electron chi connectivity index (χ3n) is 16.5. The molecule has 0 bridgehead atoms. The summed E-state index contributed by atoms with van der Waals surface area (Å²) < 4.78 is 34.8. The Morgan fingerprint density at radius 2 is 0.529 bits per heavy atom. The number of esters is 2. The summed E-state index contributed by atoms with van der Waals surface area (Å²) in [7, 11) is 1.45. The fraction of sp³-hybridized carbons (Fsp3) is 0.587. The maximum absolute atomic E-state index is 12.9. The fourth-order valence-electron chi connectivity index (χ4n) is 10.4. The van der Waals surface area contributed by atoms with Crippen molar-refractivity contribution in [2.75, 3.05) is 47.5 Å². The number of quaternary nitrogens is 1. The molecule has 0 amide bonds. The number of phosphoric acid groups is 1. The number of likely N-dealkylation sites (N-methyl/N-ethyl adjacent to an activating group) is 1. The molecule has 0 aromatic heterocycles. The fourth-order valence-corrected chi connectivity index (χ4v) is 11.2. The smallest absolute Gasteiger partial charge is 0.462 e. The molecule has 0 radical (unpaired) electrons. The lowest BCUT2D eigenvalue weighted by atomic mass is 10.0. The Hall–Kier alpha value is -5.67. The molecule has 9 nitrogen and oxygen atoms in total. The molecule has 0 heterocycles. The number of phosphoric ester groups is 1. The van der Waals surface area contributed by atoms with E-state index in [0.29, 0.717) is 17.4 Å². The first-order valence-corrected chi connectivity index (χ1v) is 42.0. The predicted octanol–water partition coefficient (Wildman–Crippen LogP) is 27.5. The first-order chi connectivity index (χ1) is 50.0. The summed E-state index contributed by atoms with van der Waals surface area (Å²) in [5.41, 5.74) is 0. The Morgan fingerprint density at radius 3 is 0.784 bits per heavy atom. The van der Waals surface area contributed by atoms with Crippen molar-refractivity contribution < 1.29 is 42.1 Å². The van der Waals surface area contributed by atoms with Gasteiger partial charge in [0.15, 0.2) is 6.10 Å². The lowest BCUT2D eigenvalue weighted by Crippen LogP contribution is -2.37. The summed E-state index contributed by atoms with van der Waals surface area (Å²) in [6.45, 7) is 4.19. The van der Waals surface area contributed by atoms with Gasteiger partial charge in [-0.1, -0.05) is 348 Å². The Bertz CT molecular complexity index is 2530. The van der Waals surface area contributed by atoms with Gasteiger partial charge in [-0.25, -0.2) is 4.57 Å². The van der Waals surface area contributed by atoms with E-state index in [0.717, 1.165) is 173 Å². The van der Waals surface area contributed by atoms with Crippen molar-refractivity contribution in [3.05, 3.63) is 219 Å². The van der Waals surface area contributed by atoms with Crippen LogP contribution >= 0.6 is 7.82 Å². The first kappa shape index (κ1) is 96.3. The van der Waals surface area contributed by atoms with Gasteiger partial charge in [-0.2, -0.15) is 0 Å². The molecule has 0 aliphatic rings. The summed E-state index contributed by atoms with van der Waals surface area (Å²) >= 11 is 0. The Morgan fingerprint density at radius 1 is 0.304 bits per heavy atom.